The van der Waals surface area contributed by atoms with Gasteiger partial charge in [-0.15, -0.1) is 22.7 Å². The Hall–Kier alpha value is -2.44. The molecule has 0 aliphatic heterocycles. The first kappa shape index (κ1) is 13.2. The minimum atomic E-state index is 0.804. The molecule has 106 valence electrons. The molecule has 4 aromatic rings. The van der Waals surface area contributed by atoms with E-state index in [-0.39, 0.29) is 0 Å². The molecule has 0 saturated heterocycles. The van der Waals surface area contributed by atoms with Crippen LogP contribution < -0.4 is 0 Å². The van der Waals surface area contributed by atoms with E-state index < -0.39 is 0 Å². The lowest BCUT2D eigenvalue weighted by Crippen LogP contribution is -1.92. The van der Waals surface area contributed by atoms with E-state index in [9.17, 15) is 0 Å². The molecular formula is C16H10N4S2. The second kappa shape index (κ2) is 5.75. The lowest BCUT2D eigenvalue weighted by atomic mass is 10.2. The quantitative estimate of drug-likeness (QED) is 0.561. The van der Waals surface area contributed by atoms with Crippen molar-refractivity contribution in [3.05, 3.63) is 59.8 Å². The summed E-state index contributed by atoms with van der Waals surface area (Å²) in [4.78, 5) is 19.6. The summed E-state index contributed by atoms with van der Waals surface area (Å²) < 4.78 is 0. The molecule has 0 fully saturated rings. The largest absolute Gasteiger partial charge is 0.235 e. The number of thiophene rings is 2. The van der Waals surface area contributed by atoms with Crippen molar-refractivity contribution >= 4 is 22.7 Å². The van der Waals surface area contributed by atoms with E-state index in [1.807, 2.05) is 47.2 Å². The Labute approximate surface area is 135 Å². The maximum absolute atomic E-state index is 4.35. The highest BCUT2D eigenvalue weighted by molar-refractivity contribution is 7.13. The lowest BCUT2D eigenvalue weighted by Gasteiger charge is -2.03. The molecule has 0 N–H and O–H groups in total. The normalized spacial score (nSPS) is 10.7. The van der Waals surface area contributed by atoms with Crippen molar-refractivity contribution in [2.24, 2.45) is 0 Å². The summed E-state index contributed by atoms with van der Waals surface area (Å²) in [5.41, 5.74) is 3.43. The Balaban J connectivity index is 1.76. The summed E-state index contributed by atoms with van der Waals surface area (Å²) in [5.74, 6) is 0. The van der Waals surface area contributed by atoms with Crippen LogP contribution in [0.15, 0.2) is 59.8 Å². The van der Waals surface area contributed by atoms with E-state index in [1.165, 1.54) is 0 Å². The van der Waals surface area contributed by atoms with Crippen molar-refractivity contribution in [1.82, 2.24) is 19.9 Å². The van der Waals surface area contributed by atoms with Crippen LogP contribution in [-0.2, 0) is 0 Å². The van der Waals surface area contributed by atoms with Crippen LogP contribution in [0.1, 0.15) is 0 Å². The van der Waals surface area contributed by atoms with Crippen molar-refractivity contribution in [1.29, 1.82) is 0 Å². The Morgan fingerprint density at radius 1 is 0.591 bits per heavy atom. The van der Waals surface area contributed by atoms with Gasteiger partial charge in [0.2, 0.25) is 0 Å². The zero-order valence-electron chi connectivity index (χ0n) is 11.4. The first-order valence-electron chi connectivity index (χ1n) is 6.62. The van der Waals surface area contributed by atoms with Gasteiger partial charge in [0.15, 0.2) is 0 Å². The van der Waals surface area contributed by atoms with Gasteiger partial charge >= 0.3 is 0 Å². The van der Waals surface area contributed by atoms with Crippen molar-refractivity contribution in [3.63, 3.8) is 0 Å². The second-order valence-electron chi connectivity index (χ2n) is 4.53. The summed E-state index contributed by atoms with van der Waals surface area (Å²) in [7, 11) is 0. The molecule has 0 spiro atoms. The average Bonchev–Trinajstić information content (AvgIpc) is 3.29. The number of aromatic nitrogens is 4. The van der Waals surface area contributed by atoms with Gasteiger partial charge in [-0.3, -0.25) is 0 Å². The van der Waals surface area contributed by atoms with Crippen LogP contribution in [0.2, 0.25) is 0 Å². The van der Waals surface area contributed by atoms with Crippen molar-refractivity contribution in [2.75, 3.05) is 0 Å². The fraction of sp³-hybridized carbons (Fsp3) is 0. The highest BCUT2D eigenvalue weighted by Crippen LogP contribution is 2.28. The minimum Gasteiger partial charge on any atom is -0.235 e. The molecule has 4 heterocycles. The molecular weight excluding hydrogens is 312 g/mol. The average molecular weight is 322 g/mol. The van der Waals surface area contributed by atoms with Gasteiger partial charge in [-0.25, -0.2) is 19.9 Å². The predicted octanol–water partition coefficient (Wildman–Crippen LogP) is 4.39. The predicted molar refractivity (Wildman–Crippen MR) is 89.7 cm³/mol. The molecule has 0 atom stereocenters. The molecule has 0 bridgehead atoms. The SMILES string of the molecule is c1csc(-c2cc(-c3cc(-c4cccs4)ncn3)ncn2)c1. The number of rotatable bonds is 3. The zero-order valence-corrected chi connectivity index (χ0v) is 13.0. The monoisotopic (exact) mass is 322 g/mol. The molecule has 0 aliphatic rings. The number of hydrogen-bond acceptors (Lipinski definition) is 6. The smallest absolute Gasteiger partial charge is 0.116 e. The van der Waals surface area contributed by atoms with Crippen LogP contribution in [0.4, 0.5) is 0 Å². The van der Waals surface area contributed by atoms with Crippen LogP contribution in [0, 0.1) is 0 Å². The van der Waals surface area contributed by atoms with Gasteiger partial charge in [0.1, 0.15) is 12.7 Å². The molecule has 0 aromatic carbocycles. The maximum atomic E-state index is 4.35. The highest BCUT2D eigenvalue weighted by Gasteiger charge is 2.08. The molecule has 0 unspecified atom stereocenters. The first-order chi connectivity index (χ1) is 10.9. The summed E-state index contributed by atoms with van der Waals surface area (Å²) >= 11 is 3.32. The number of hydrogen-bond donors (Lipinski definition) is 0. The molecule has 0 amide bonds. The third-order valence-electron chi connectivity index (χ3n) is 3.14. The Bertz CT molecular complexity index is 810. The molecule has 4 nitrogen and oxygen atoms in total. The van der Waals surface area contributed by atoms with E-state index in [0.29, 0.717) is 0 Å². The summed E-state index contributed by atoms with van der Waals surface area (Å²) in [6, 6.07) is 12.1. The zero-order chi connectivity index (χ0) is 14.8. The molecule has 0 aliphatic carbocycles. The summed E-state index contributed by atoms with van der Waals surface area (Å²) in [6.45, 7) is 0. The third kappa shape index (κ3) is 2.54. The highest BCUT2D eigenvalue weighted by atomic mass is 32.1. The summed E-state index contributed by atoms with van der Waals surface area (Å²) in [5, 5.41) is 4.08. The molecule has 22 heavy (non-hydrogen) atoms. The Morgan fingerprint density at radius 2 is 1.05 bits per heavy atom. The van der Waals surface area contributed by atoms with Gasteiger partial charge in [0.05, 0.1) is 32.5 Å². The van der Waals surface area contributed by atoms with E-state index in [4.69, 9.17) is 0 Å². The van der Waals surface area contributed by atoms with E-state index in [1.54, 1.807) is 35.3 Å². The fourth-order valence-electron chi connectivity index (χ4n) is 2.11. The van der Waals surface area contributed by atoms with Gasteiger partial charge < -0.3 is 0 Å². The van der Waals surface area contributed by atoms with Gasteiger partial charge in [0, 0.05) is 0 Å². The Morgan fingerprint density at radius 3 is 1.45 bits per heavy atom. The Kier molecular flexibility index (Phi) is 3.46. The van der Waals surface area contributed by atoms with Crippen LogP contribution in [-0.4, -0.2) is 19.9 Å². The second-order valence-corrected chi connectivity index (χ2v) is 6.43. The van der Waals surface area contributed by atoms with Gasteiger partial charge in [0.25, 0.3) is 0 Å². The van der Waals surface area contributed by atoms with Crippen LogP contribution in [0.25, 0.3) is 32.5 Å². The third-order valence-corrected chi connectivity index (χ3v) is 4.93. The van der Waals surface area contributed by atoms with E-state index >= 15 is 0 Å². The maximum Gasteiger partial charge on any atom is 0.116 e. The van der Waals surface area contributed by atoms with Crippen LogP contribution in [0.5, 0.6) is 0 Å². The van der Waals surface area contributed by atoms with Crippen LogP contribution in [0.3, 0.4) is 0 Å². The minimum absolute atomic E-state index is 0.804. The van der Waals surface area contributed by atoms with Gasteiger partial charge in [-0.2, -0.15) is 0 Å². The van der Waals surface area contributed by atoms with E-state index in [2.05, 4.69) is 19.9 Å². The number of nitrogens with zero attached hydrogens (tertiary/aromatic N) is 4. The van der Waals surface area contributed by atoms with Crippen molar-refractivity contribution in [3.8, 4) is 32.5 Å². The van der Waals surface area contributed by atoms with E-state index in [0.717, 1.165) is 32.5 Å². The van der Waals surface area contributed by atoms with Gasteiger partial charge in [-0.05, 0) is 35.0 Å². The fourth-order valence-corrected chi connectivity index (χ4v) is 3.50. The lowest BCUT2D eigenvalue weighted by molar-refractivity contribution is 1.13. The topological polar surface area (TPSA) is 51.6 Å². The molecule has 0 radical (unpaired) electrons. The van der Waals surface area contributed by atoms with Crippen molar-refractivity contribution < 1.29 is 0 Å². The summed E-state index contributed by atoms with van der Waals surface area (Å²) in [6.07, 6.45) is 3.16. The standard InChI is InChI=1S/C16H10N4S2/c1-3-15(21-5-1)13-7-11(17-9-19-13)12-8-14(20-10-18-12)16-4-2-6-22-16/h1-10H. The molecule has 6 heteroatoms. The van der Waals surface area contributed by atoms with Crippen LogP contribution >= 0.6 is 22.7 Å². The van der Waals surface area contributed by atoms with Gasteiger partial charge in [-0.1, -0.05) is 12.1 Å². The van der Waals surface area contributed by atoms with Crippen molar-refractivity contribution in [2.45, 2.75) is 0 Å². The first-order valence-corrected chi connectivity index (χ1v) is 8.38. The molecule has 4 aromatic heterocycles. The molecule has 4 rings (SSSR count). The molecule has 0 saturated carbocycles.